The quantitative estimate of drug-likeness (QED) is 0.374. The Labute approximate surface area is 168 Å². The second-order valence-corrected chi connectivity index (χ2v) is 6.98. The number of aromatic nitrogens is 2. The van der Waals surface area contributed by atoms with Crippen molar-refractivity contribution >= 4 is 33.0 Å². The fourth-order valence-corrected chi connectivity index (χ4v) is 3.03. The van der Waals surface area contributed by atoms with Crippen molar-refractivity contribution < 1.29 is 10.2 Å². The molecule has 28 heavy (non-hydrogen) atoms. The summed E-state index contributed by atoms with van der Waals surface area (Å²) in [5, 5.41) is 23.9. The molecule has 138 valence electrons. The highest BCUT2D eigenvalue weighted by Crippen LogP contribution is 2.24. The first-order chi connectivity index (χ1) is 13.5. The highest BCUT2D eigenvalue weighted by molar-refractivity contribution is 9.10. The molecule has 0 amide bonds. The zero-order valence-electron chi connectivity index (χ0n) is 14.5. The van der Waals surface area contributed by atoms with Crippen molar-refractivity contribution in [1.29, 1.82) is 0 Å². The lowest BCUT2D eigenvalue weighted by atomic mass is 10.2. The van der Waals surface area contributed by atoms with Gasteiger partial charge in [0.25, 0.3) is 5.56 Å². The average Bonchev–Trinajstić information content (AvgIpc) is 2.70. The van der Waals surface area contributed by atoms with Crippen LogP contribution < -0.4 is 5.56 Å². The molecule has 7 heteroatoms. The van der Waals surface area contributed by atoms with E-state index < -0.39 is 0 Å². The number of phenolic OH excluding ortho intramolecular Hbond substituents is 2. The molecule has 2 N–H and O–H groups in total. The van der Waals surface area contributed by atoms with Gasteiger partial charge in [-0.1, -0.05) is 40.2 Å². The number of rotatable bonds is 3. The van der Waals surface area contributed by atoms with Crippen molar-refractivity contribution in [3.8, 4) is 22.9 Å². The van der Waals surface area contributed by atoms with Gasteiger partial charge < -0.3 is 10.2 Å². The number of aromatic hydroxyl groups is 2. The zero-order chi connectivity index (χ0) is 19.7. The van der Waals surface area contributed by atoms with E-state index in [4.69, 9.17) is 0 Å². The number of phenols is 2. The molecule has 0 saturated carbocycles. The Hall–Kier alpha value is -3.45. The molecule has 0 atom stereocenters. The van der Waals surface area contributed by atoms with Crippen molar-refractivity contribution in [2.24, 2.45) is 5.10 Å². The van der Waals surface area contributed by atoms with Gasteiger partial charge in [-0.2, -0.15) is 9.78 Å². The zero-order valence-corrected chi connectivity index (χ0v) is 16.0. The lowest BCUT2D eigenvalue weighted by Crippen LogP contribution is -2.20. The van der Waals surface area contributed by atoms with Gasteiger partial charge in [0.15, 0.2) is 17.3 Å². The largest absolute Gasteiger partial charge is 0.504 e. The summed E-state index contributed by atoms with van der Waals surface area (Å²) in [6.45, 7) is 0. The van der Waals surface area contributed by atoms with Crippen LogP contribution in [0.4, 0.5) is 0 Å². The van der Waals surface area contributed by atoms with Gasteiger partial charge in [-0.05, 0) is 48.0 Å². The molecule has 0 bridgehead atoms. The predicted molar refractivity (Wildman–Crippen MR) is 112 cm³/mol. The van der Waals surface area contributed by atoms with Crippen LogP contribution in [-0.4, -0.2) is 26.1 Å². The number of nitrogens with zero attached hydrogens (tertiary/aromatic N) is 3. The topological polar surface area (TPSA) is 87.7 Å². The monoisotopic (exact) mass is 435 g/mol. The Balaban J connectivity index is 1.92. The van der Waals surface area contributed by atoms with E-state index in [2.05, 4.69) is 26.0 Å². The standard InChI is InChI=1S/C21H14BrN3O3/c22-15-8-6-14(7-9-15)20-24-17-4-2-1-3-16(17)21(28)25(20)23-12-13-5-10-18(26)19(27)11-13/h1-12,26-27H/b23-12-. The van der Waals surface area contributed by atoms with E-state index in [9.17, 15) is 15.0 Å². The second-order valence-electron chi connectivity index (χ2n) is 6.07. The smallest absolute Gasteiger partial charge is 0.282 e. The molecule has 1 heterocycles. The van der Waals surface area contributed by atoms with Crippen molar-refractivity contribution in [3.63, 3.8) is 0 Å². The minimum absolute atomic E-state index is 0.225. The van der Waals surface area contributed by atoms with Gasteiger partial charge in [0.1, 0.15) is 0 Å². The van der Waals surface area contributed by atoms with Gasteiger partial charge >= 0.3 is 0 Å². The maximum Gasteiger partial charge on any atom is 0.282 e. The van der Waals surface area contributed by atoms with E-state index in [1.165, 1.54) is 23.0 Å². The molecule has 1 aromatic heterocycles. The Morgan fingerprint density at radius 1 is 0.964 bits per heavy atom. The van der Waals surface area contributed by atoms with Crippen LogP contribution in [0, 0.1) is 0 Å². The van der Waals surface area contributed by atoms with E-state index in [1.54, 1.807) is 24.3 Å². The first-order valence-electron chi connectivity index (χ1n) is 8.37. The number of halogens is 1. The third kappa shape index (κ3) is 3.39. The Bertz CT molecular complexity index is 1260. The van der Waals surface area contributed by atoms with Crippen molar-refractivity contribution in [2.45, 2.75) is 0 Å². The van der Waals surface area contributed by atoms with Crippen molar-refractivity contribution in [3.05, 3.63) is 87.1 Å². The molecule has 0 saturated heterocycles. The SMILES string of the molecule is O=c1c2ccccc2nc(-c2ccc(Br)cc2)n1/N=C\c1ccc(O)c(O)c1. The molecule has 0 unspecified atom stereocenters. The first kappa shape index (κ1) is 17.9. The van der Waals surface area contributed by atoms with Crippen molar-refractivity contribution in [1.82, 2.24) is 9.66 Å². The summed E-state index contributed by atoms with van der Waals surface area (Å²) in [6.07, 6.45) is 1.43. The van der Waals surface area contributed by atoms with Crippen LogP contribution in [-0.2, 0) is 0 Å². The minimum atomic E-state index is -0.303. The first-order valence-corrected chi connectivity index (χ1v) is 9.16. The number of hydrogen-bond donors (Lipinski definition) is 2. The van der Waals surface area contributed by atoms with Gasteiger partial charge in [-0.15, -0.1) is 0 Å². The number of para-hydroxylation sites is 1. The predicted octanol–water partition coefficient (Wildman–Crippen LogP) is 4.12. The molecular weight excluding hydrogens is 422 g/mol. The molecular formula is C21H14BrN3O3. The summed E-state index contributed by atoms with van der Waals surface area (Å²) in [5.74, 6) is -0.0891. The summed E-state index contributed by atoms with van der Waals surface area (Å²) in [5.41, 5.74) is 1.54. The highest BCUT2D eigenvalue weighted by atomic mass is 79.9. The summed E-state index contributed by atoms with van der Waals surface area (Å²) < 4.78 is 2.14. The Morgan fingerprint density at radius 3 is 2.46 bits per heavy atom. The van der Waals surface area contributed by atoms with Crippen LogP contribution >= 0.6 is 15.9 Å². The fourth-order valence-electron chi connectivity index (χ4n) is 2.76. The van der Waals surface area contributed by atoms with E-state index in [0.29, 0.717) is 22.3 Å². The maximum atomic E-state index is 13.0. The average molecular weight is 436 g/mol. The normalized spacial score (nSPS) is 11.3. The number of hydrogen-bond acceptors (Lipinski definition) is 5. The van der Waals surface area contributed by atoms with Crippen LogP contribution in [0.3, 0.4) is 0 Å². The molecule has 6 nitrogen and oxygen atoms in total. The van der Waals surface area contributed by atoms with Gasteiger partial charge in [0, 0.05) is 10.0 Å². The summed E-state index contributed by atoms with van der Waals surface area (Å²) in [4.78, 5) is 17.7. The summed E-state index contributed by atoms with van der Waals surface area (Å²) in [6, 6.07) is 18.8. The highest BCUT2D eigenvalue weighted by Gasteiger charge is 2.12. The molecule has 0 fully saturated rings. The molecule has 3 aromatic carbocycles. The van der Waals surface area contributed by atoms with Crippen molar-refractivity contribution in [2.75, 3.05) is 0 Å². The van der Waals surface area contributed by atoms with Gasteiger partial charge in [0.05, 0.1) is 17.1 Å². The summed E-state index contributed by atoms with van der Waals surface area (Å²) in [7, 11) is 0. The molecule has 4 rings (SSSR count). The van der Waals surface area contributed by atoms with E-state index in [0.717, 1.165) is 10.0 Å². The van der Waals surface area contributed by atoms with Crippen LogP contribution in [0.25, 0.3) is 22.3 Å². The third-order valence-corrected chi connectivity index (χ3v) is 4.71. The van der Waals surface area contributed by atoms with E-state index >= 15 is 0 Å². The minimum Gasteiger partial charge on any atom is -0.504 e. The molecule has 0 radical (unpaired) electrons. The van der Waals surface area contributed by atoms with Gasteiger partial charge in [0.2, 0.25) is 0 Å². The fraction of sp³-hybridized carbons (Fsp3) is 0. The maximum absolute atomic E-state index is 13.0. The van der Waals surface area contributed by atoms with Crippen LogP contribution in [0.15, 0.2) is 81.1 Å². The summed E-state index contributed by atoms with van der Waals surface area (Å²) >= 11 is 3.40. The molecule has 0 aliphatic carbocycles. The Morgan fingerprint density at radius 2 is 1.71 bits per heavy atom. The molecule has 4 aromatic rings. The van der Waals surface area contributed by atoms with Gasteiger partial charge in [-0.3, -0.25) is 4.79 Å². The second kappa shape index (κ2) is 7.28. The molecule has 0 aliphatic rings. The Kier molecular flexibility index (Phi) is 4.67. The number of benzene rings is 3. The third-order valence-electron chi connectivity index (χ3n) is 4.18. The van der Waals surface area contributed by atoms with Crippen LogP contribution in [0.5, 0.6) is 11.5 Å². The van der Waals surface area contributed by atoms with Crippen LogP contribution in [0.2, 0.25) is 0 Å². The lowest BCUT2D eigenvalue weighted by Gasteiger charge is -2.09. The molecule has 0 spiro atoms. The molecule has 0 aliphatic heterocycles. The van der Waals surface area contributed by atoms with Crippen LogP contribution in [0.1, 0.15) is 5.56 Å². The lowest BCUT2D eigenvalue weighted by molar-refractivity contribution is 0.403. The van der Waals surface area contributed by atoms with Gasteiger partial charge in [-0.25, -0.2) is 4.98 Å². The van der Waals surface area contributed by atoms with E-state index in [-0.39, 0.29) is 17.1 Å². The number of fused-ring (bicyclic) bond motifs is 1. The van der Waals surface area contributed by atoms with E-state index in [1.807, 2.05) is 30.3 Å².